The lowest BCUT2D eigenvalue weighted by Gasteiger charge is -1.99. The van der Waals surface area contributed by atoms with Crippen molar-refractivity contribution in [1.29, 1.82) is 0 Å². The predicted molar refractivity (Wildman–Crippen MR) is 74.8 cm³/mol. The minimum Gasteiger partial charge on any atom is -0.475 e. The number of ether oxygens (including phenoxy) is 1. The summed E-state index contributed by atoms with van der Waals surface area (Å²) in [5.41, 5.74) is 6.87. The molecule has 23 heavy (non-hydrogen) atoms. The Kier molecular flexibility index (Phi) is 6.02. The van der Waals surface area contributed by atoms with Crippen molar-refractivity contribution in [2.75, 3.05) is 12.8 Å². The van der Waals surface area contributed by atoms with Crippen molar-refractivity contribution in [3.05, 3.63) is 29.8 Å². The summed E-state index contributed by atoms with van der Waals surface area (Å²) >= 11 is 1.30. The van der Waals surface area contributed by atoms with E-state index >= 15 is 0 Å². The van der Waals surface area contributed by atoms with Crippen LogP contribution in [-0.2, 0) is 9.53 Å². The first-order chi connectivity index (χ1) is 10.6. The van der Waals surface area contributed by atoms with Crippen LogP contribution in [0.15, 0.2) is 24.3 Å². The molecule has 0 spiro atoms. The Morgan fingerprint density at radius 1 is 1.22 bits per heavy atom. The number of halogens is 3. The molecule has 0 unspecified atom stereocenters. The van der Waals surface area contributed by atoms with Gasteiger partial charge in [0.25, 0.3) is 0 Å². The molecule has 0 radical (unpaired) electrons. The average molecular weight is 349 g/mol. The molecular formula is C12H10F3N3O4S. The molecule has 11 heteroatoms. The van der Waals surface area contributed by atoms with Gasteiger partial charge in [-0.3, -0.25) is 0 Å². The molecule has 3 N–H and O–H groups in total. The Labute approximate surface area is 131 Å². The van der Waals surface area contributed by atoms with E-state index in [1.54, 1.807) is 24.3 Å². The zero-order chi connectivity index (χ0) is 17.6. The summed E-state index contributed by atoms with van der Waals surface area (Å²) in [5.74, 6) is -3.11. The number of methoxy groups -OCH3 is 1. The average Bonchev–Trinajstić information content (AvgIpc) is 2.93. The quantitative estimate of drug-likeness (QED) is 0.799. The van der Waals surface area contributed by atoms with Gasteiger partial charge in [-0.25, -0.2) is 9.59 Å². The molecule has 2 rings (SSSR count). The largest absolute Gasteiger partial charge is 0.490 e. The zero-order valence-corrected chi connectivity index (χ0v) is 12.3. The van der Waals surface area contributed by atoms with Crippen LogP contribution >= 0.6 is 11.3 Å². The van der Waals surface area contributed by atoms with Crippen molar-refractivity contribution in [2.45, 2.75) is 6.18 Å². The van der Waals surface area contributed by atoms with Crippen LogP contribution in [0.1, 0.15) is 10.4 Å². The fraction of sp³-hybridized carbons (Fsp3) is 0.167. The summed E-state index contributed by atoms with van der Waals surface area (Å²) in [6, 6.07) is 6.93. The number of nitrogens with zero attached hydrogens (tertiary/aromatic N) is 2. The molecule has 1 aromatic carbocycles. The molecule has 1 heterocycles. The molecule has 0 aliphatic heterocycles. The molecule has 0 saturated heterocycles. The van der Waals surface area contributed by atoms with Gasteiger partial charge in [0, 0.05) is 5.56 Å². The number of benzene rings is 1. The molecule has 0 aliphatic rings. The van der Waals surface area contributed by atoms with Gasteiger partial charge < -0.3 is 15.6 Å². The predicted octanol–water partition coefficient (Wildman–Crippen LogP) is 2.21. The maximum Gasteiger partial charge on any atom is 0.490 e. The van der Waals surface area contributed by atoms with Crippen molar-refractivity contribution in [2.24, 2.45) is 0 Å². The maximum atomic E-state index is 11.2. The van der Waals surface area contributed by atoms with Gasteiger partial charge in [0.15, 0.2) is 0 Å². The van der Waals surface area contributed by atoms with Crippen LogP contribution in [0.5, 0.6) is 0 Å². The molecule has 0 aliphatic carbocycles. The second kappa shape index (κ2) is 7.54. The number of aromatic nitrogens is 2. The molecular weight excluding hydrogens is 339 g/mol. The highest BCUT2D eigenvalue weighted by Crippen LogP contribution is 2.24. The van der Waals surface area contributed by atoms with Crippen molar-refractivity contribution >= 4 is 28.4 Å². The number of carboxylic acid groups (broad SMARTS) is 1. The summed E-state index contributed by atoms with van der Waals surface area (Å²) in [7, 11) is 1.35. The molecule has 124 valence electrons. The van der Waals surface area contributed by atoms with Crippen molar-refractivity contribution in [3.63, 3.8) is 0 Å². The van der Waals surface area contributed by atoms with E-state index in [0.717, 1.165) is 10.6 Å². The Hall–Kier alpha value is -2.69. The smallest absolute Gasteiger partial charge is 0.475 e. The highest BCUT2D eigenvalue weighted by Gasteiger charge is 2.38. The monoisotopic (exact) mass is 349 g/mol. The van der Waals surface area contributed by atoms with Gasteiger partial charge in [-0.15, -0.1) is 10.2 Å². The Balaban J connectivity index is 0.000000322. The molecule has 1 aromatic heterocycles. The summed E-state index contributed by atoms with van der Waals surface area (Å²) in [4.78, 5) is 20.1. The van der Waals surface area contributed by atoms with E-state index in [4.69, 9.17) is 15.6 Å². The molecule has 0 saturated carbocycles. The van der Waals surface area contributed by atoms with Gasteiger partial charge in [-0.1, -0.05) is 23.5 Å². The fourth-order valence-electron chi connectivity index (χ4n) is 1.22. The summed E-state index contributed by atoms with van der Waals surface area (Å²) in [6.45, 7) is 0. The zero-order valence-electron chi connectivity index (χ0n) is 11.5. The highest BCUT2D eigenvalue weighted by molar-refractivity contribution is 7.18. The summed E-state index contributed by atoms with van der Waals surface area (Å²) < 4.78 is 36.3. The van der Waals surface area contributed by atoms with E-state index in [1.165, 1.54) is 18.4 Å². The number of carbonyl (C=O) groups excluding carboxylic acids is 1. The van der Waals surface area contributed by atoms with Crippen LogP contribution in [0.3, 0.4) is 0 Å². The minimum absolute atomic E-state index is 0.358. The summed E-state index contributed by atoms with van der Waals surface area (Å²) in [6.07, 6.45) is -5.08. The number of rotatable bonds is 2. The lowest BCUT2D eigenvalue weighted by molar-refractivity contribution is -0.192. The van der Waals surface area contributed by atoms with Crippen LogP contribution in [0.25, 0.3) is 10.6 Å². The number of alkyl halides is 3. The highest BCUT2D eigenvalue weighted by atomic mass is 32.1. The summed E-state index contributed by atoms with van der Waals surface area (Å²) in [5, 5.41) is 15.9. The van der Waals surface area contributed by atoms with E-state index in [9.17, 15) is 18.0 Å². The minimum atomic E-state index is -5.08. The third-order valence-electron chi connectivity index (χ3n) is 2.24. The topological polar surface area (TPSA) is 115 Å². The molecule has 0 atom stereocenters. The van der Waals surface area contributed by atoms with Crippen molar-refractivity contribution < 1.29 is 32.6 Å². The second-order valence-corrected chi connectivity index (χ2v) is 4.83. The molecule has 7 nitrogen and oxygen atoms in total. The Morgan fingerprint density at radius 3 is 2.09 bits per heavy atom. The normalized spacial score (nSPS) is 10.4. The number of carboxylic acids is 1. The number of carbonyl (C=O) groups is 2. The van der Waals surface area contributed by atoms with E-state index in [-0.39, 0.29) is 5.97 Å². The van der Waals surface area contributed by atoms with Gasteiger partial charge >= 0.3 is 18.1 Å². The van der Waals surface area contributed by atoms with Gasteiger partial charge in [-0.05, 0) is 12.1 Å². The number of anilines is 1. The second-order valence-electron chi connectivity index (χ2n) is 3.82. The number of hydrogen-bond acceptors (Lipinski definition) is 7. The lowest BCUT2D eigenvalue weighted by Crippen LogP contribution is -2.21. The van der Waals surface area contributed by atoms with E-state index in [0.29, 0.717) is 10.7 Å². The SMILES string of the molecule is COC(=O)c1ccc(-c2nnc(N)s2)cc1.O=C(O)C(F)(F)F. The van der Waals surface area contributed by atoms with Crippen LogP contribution < -0.4 is 5.73 Å². The van der Waals surface area contributed by atoms with Gasteiger partial charge in [0.05, 0.1) is 12.7 Å². The first-order valence-electron chi connectivity index (χ1n) is 5.73. The maximum absolute atomic E-state index is 11.2. The lowest BCUT2D eigenvalue weighted by atomic mass is 10.1. The Bertz CT molecular complexity index is 686. The number of nitrogen functional groups attached to an aromatic ring is 1. The van der Waals surface area contributed by atoms with E-state index < -0.39 is 12.1 Å². The number of hydrogen-bond donors (Lipinski definition) is 2. The molecule has 0 amide bonds. The Morgan fingerprint density at radius 2 is 1.74 bits per heavy atom. The molecule has 2 aromatic rings. The van der Waals surface area contributed by atoms with Crippen LogP contribution in [0, 0.1) is 0 Å². The van der Waals surface area contributed by atoms with Gasteiger partial charge in [-0.2, -0.15) is 13.2 Å². The number of aliphatic carboxylic acids is 1. The first kappa shape index (κ1) is 18.4. The number of nitrogens with two attached hydrogens (primary N) is 1. The fourth-order valence-corrected chi connectivity index (χ4v) is 1.83. The van der Waals surface area contributed by atoms with Gasteiger partial charge in [0.2, 0.25) is 5.13 Å². The molecule has 0 bridgehead atoms. The first-order valence-corrected chi connectivity index (χ1v) is 6.54. The van der Waals surface area contributed by atoms with Crippen LogP contribution in [0.4, 0.5) is 18.3 Å². The standard InChI is InChI=1S/C10H9N3O2S.C2HF3O2/c1-15-9(14)7-4-2-6(3-5-7)8-12-13-10(11)16-8;3-2(4,5)1(6)7/h2-5H,1H3,(H2,11,13);(H,6,7). The van der Waals surface area contributed by atoms with Crippen LogP contribution in [0.2, 0.25) is 0 Å². The van der Waals surface area contributed by atoms with E-state index in [2.05, 4.69) is 14.9 Å². The number of esters is 1. The van der Waals surface area contributed by atoms with E-state index in [1.807, 2.05) is 0 Å². The third kappa shape index (κ3) is 5.54. The van der Waals surface area contributed by atoms with Crippen LogP contribution in [-0.4, -0.2) is 40.5 Å². The third-order valence-corrected chi connectivity index (χ3v) is 3.04. The molecule has 0 fully saturated rings. The van der Waals surface area contributed by atoms with Crippen molar-refractivity contribution in [1.82, 2.24) is 10.2 Å². The van der Waals surface area contributed by atoms with Gasteiger partial charge in [0.1, 0.15) is 5.01 Å². The van der Waals surface area contributed by atoms with Crippen molar-refractivity contribution in [3.8, 4) is 10.6 Å².